The van der Waals surface area contributed by atoms with E-state index in [0.29, 0.717) is 5.46 Å². The van der Waals surface area contributed by atoms with Crippen LogP contribution in [0.1, 0.15) is 0 Å². The van der Waals surface area contributed by atoms with Crippen molar-refractivity contribution in [1.29, 1.82) is 0 Å². The second-order valence-corrected chi connectivity index (χ2v) is 8.05. The second kappa shape index (κ2) is 7.38. The van der Waals surface area contributed by atoms with Gasteiger partial charge in [-0.25, -0.2) is 0 Å². The Balaban J connectivity index is 1.51. The van der Waals surface area contributed by atoms with E-state index in [0.717, 1.165) is 44.2 Å². The molecule has 0 aliphatic heterocycles. The van der Waals surface area contributed by atoms with Gasteiger partial charge in [-0.3, -0.25) is 0 Å². The minimum atomic E-state index is -1.48. The zero-order valence-electron chi connectivity index (χ0n) is 17.2. The summed E-state index contributed by atoms with van der Waals surface area (Å²) in [5.41, 5.74) is 6.41. The molecule has 0 aliphatic carbocycles. The van der Waals surface area contributed by atoms with Crippen LogP contribution in [0.2, 0.25) is 0 Å². The summed E-state index contributed by atoms with van der Waals surface area (Å²) in [4.78, 5) is 0. The predicted octanol–water partition coefficient (Wildman–Crippen LogP) is 5.75. The molecule has 0 spiro atoms. The Morgan fingerprint density at radius 1 is 0.531 bits per heavy atom. The van der Waals surface area contributed by atoms with E-state index in [-0.39, 0.29) is 0 Å². The first-order chi connectivity index (χ1) is 15.7. The lowest BCUT2D eigenvalue weighted by molar-refractivity contribution is 0.426. The van der Waals surface area contributed by atoms with E-state index in [1.165, 1.54) is 10.8 Å². The summed E-state index contributed by atoms with van der Waals surface area (Å²) in [7, 11) is -1.48. The highest BCUT2D eigenvalue weighted by Crippen LogP contribution is 2.37. The van der Waals surface area contributed by atoms with Crippen LogP contribution in [0.25, 0.3) is 55.0 Å². The van der Waals surface area contributed by atoms with E-state index in [2.05, 4.69) is 54.6 Å². The van der Waals surface area contributed by atoms with Crippen LogP contribution in [0.4, 0.5) is 0 Å². The quantitative estimate of drug-likeness (QED) is 0.363. The number of furan rings is 1. The number of rotatable bonds is 3. The van der Waals surface area contributed by atoms with Crippen molar-refractivity contribution in [2.24, 2.45) is 0 Å². The van der Waals surface area contributed by atoms with E-state index in [9.17, 15) is 10.0 Å². The third-order valence-electron chi connectivity index (χ3n) is 6.07. The van der Waals surface area contributed by atoms with Gasteiger partial charge < -0.3 is 14.5 Å². The van der Waals surface area contributed by atoms with Gasteiger partial charge in [-0.15, -0.1) is 0 Å². The second-order valence-electron chi connectivity index (χ2n) is 8.05. The maximum Gasteiger partial charge on any atom is 0.488 e. The van der Waals surface area contributed by atoms with Gasteiger partial charge in [-0.05, 0) is 62.8 Å². The van der Waals surface area contributed by atoms with Crippen LogP contribution in [0, 0.1) is 0 Å². The Morgan fingerprint density at radius 3 is 2.03 bits per heavy atom. The van der Waals surface area contributed by atoms with Crippen molar-refractivity contribution >= 4 is 45.3 Å². The maximum atomic E-state index is 9.52. The molecule has 0 fully saturated rings. The Morgan fingerprint density at radius 2 is 1.22 bits per heavy atom. The minimum Gasteiger partial charge on any atom is -0.456 e. The van der Waals surface area contributed by atoms with Crippen LogP contribution in [-0.2, 0) is 0 Å². The van der Waals surface area contributed by atoms with Crippen LogP contribution < -0.4 is 5.46 Å². The molecular formula is C28H19BO3. The molecule has 0 saturated heterocycles. The summed E-state index contributed by atoms with van der Waals surface area (Å²) < 4.78 is 6.13. The van der Waals surface area contributed by atoms with Crippen molar-refractivity contribution < 1.29 is 14.5 Å². The van der Waals surface area contributed by atoms with Crippen LogP contribution in [-0.4, -0.2) is 17.2 Å². The molecule has 0 radical (unpaired) electrons. The first-order valence-electron chi connectivity index (χ1n) is 10.6. The summed E-state index contributed by atoms with van der Waals surface area (Å²) in [6.07, 6.45) is 0. The average molecular weight is 414 g/mol. The minimum absolute atomic E-state index is 0.478. The Labute approximate surface area is 185 Å². The molecule has 1 heterocycles. The Bertz CT molecular complexity index is 1610. The van der Waals surface area contributed by atoms with Gasteiger partial charge in [-0.2, -0.15) is 0 Å². The number of hydrogen-bond acceptors (Lipinski definition) is 3. The summed E-state index contributed by atoms with van der Waals surface area (Å²) in [6, 6.07) is 34.5. The zero-order chi connectivity index (χ0) is 21.7. The molecule has 32 heavy (non-hydrogen) atoms. The lowest BCUT2D eigenvalue weighted by Crippen LogP contribution is -2.29. The van der Waals surface area contributed by atoms with Crippen molar-refractivity contribution in [2.75, 3.05) is 0 Å². The van der Waals surface area contributed by atoms with E-state index < -0.39 is 7.12 Å². The van der Waals surface area contributed by atoms with Gasteiger partial charge >= 0.3 is 7.12 Å². The first kappa shape index (κ1) is 18.9. The van der Waals surface area contributed by atoms with E-state index in [1.807, 2.05) is 42.5 Å². The van der Waals surface area contributed by atoms with Crippen LogP contribution in [0.15, 0.2) is 108 Å². The van der Waals surface area contributed by atoms with Gasteiger partial charge in [-0.1, -0.05) is 78.9 Å². The van der Waals surface area contributed by atoms with Gasteiger partial charge in [0.05, 0.1) is 0 Å². The van der Waals surface area contributed by atoms with Crippen molar-refractivity contribution in [1.82, 2.24) is 0 Å². The molecule has 5 aromatic carbocycles. The highest BCUT2D eigenvalue weighted by molar-refractivity contribution is 6.58. The topological polar surface area (TPSA) is 53.6 Å². The molecule has 6 aromatic rings. The van der Waals surface area contributed by atoms with E-state index in [1.54, 1.807) is 6.07 Å². The highest BCUT2D eigenvalue weighted by atomic mass is 16.4. The third-order valence-corrected chi connectivity index (χ3v) is 6.07. The Kier molecular flexibility index (Phi) is 4.35. The van der Waals surface area contributed by atoms with Crippen LogP contribution >= 0.6 is 0 Å². The van der Waals surface area contributed by atoms with Gasteiger partial charge in [0.1, 0.15) is 11.2 Å². The fourth-order valence-electron chi connectivity index (χ4n) is 4.48. The summed E-state index contributed by atoms with van der Waals surface area (Å²) in [6.45, 7) is 0. The lowest BCUT2D eigenvalue weighted by Gasteiger charge is -2.08. The predicted molar refractivity (Wildman–Crippen MR) is 132 cm³/mol. The standard InChI is InChI=1S/C28H19BO3/c30-29(31)23-9-4-8-21(16-23)19-6-3-7-20(15-19)22-12-13-26-25(17-22)28-24-10-2-1-5-18(24)11-14-27(28)32-26/h1-17,30-31H. The van der Waals surface area contributed by atoms with Crippen molar-refractivity contribution in [2.45, 2.75) is 0 Å². The van der Waals surface area contributed by atoms with E-state index >= 15 is 0 Å². The van der Waals surface area contributed by atoms with Crippen molar-refractivity contribution in [3.8, 4) is 22.3 Å². The molecule has 0 aliphatic rings. The van der Waals surface area contributed by atoms with Crippen molar-refractivity contribution in [3.63, 3.8) is 0 Å². The van der Waals surface area contributed by atoms with Crippen LogP contribution in [0.5, 0.6) is 0 Å². The Hall–Kier alpha value is -3.86. The number of hydrogen-bond donors (Lipinski definition) is 2. The molecule has 0 atom stereocenters. The molecule has 3 nitrogen and oxygen atoms in total. The number of fused-ring (bicyclic) bond motifs is 5. The lowest BCUT2D eigenvalue weighted by atomic mass is 9.79. The molecule has 0 amide bonds. The van der Waals surface area contributed by atoms with Crippen molar-refractivity contribution in [3.05, 3.63) is 103 Å². The highest BCUT2D eigenvalue weighted by Gasteiger charge is 2.13. The molecule has 0 saturated carbocycles. The molecule has 0 bridgehead atoms. The third kappa shape index (κ3) is 3.09. The van der Waals surface area contributed by atoms with Gasteiger partial charge in [0.2, 0.25) is 0 Å². The molecular weight excluding hydrogens is 395 g/mol. The van der Waals surface area contributed by atoms with E-state index in [4.69, 9.17) is 4.42 Å². The SMILES string of the molecule is OB(O)c1cccc(-c2cccc(-c3ccc4oc5ccc6ccccc6c5c4c3)c2)c1. The summed E-state index contributed by atoms with van der Waals surface area (Å²) in [5, 5.41) is 23.7. The molecule has 6 rings (SSSR count). The summed E-state index contributed by atoms with van der Waals surface area (Å²) in [5.74, 6) is 0. The first-order valence-corrected chi connectivity index (χ1v) is 10.6. The van der Waals surface area contributed by atoms with Gasteiger partial charge in [0, 0.05) is 10.8 Å². The van der Waals surface area contributed by atoms with Crippen LogP contribution in [0.3, 0.4) is 0 Å². The molecule has 2 N–H and O–H groups in total. The molecule has 152 valence electrons. The molecule has 0 unspecified atom stereocenters. The normalized spacial score (nSPS) is 11.4. The zero-order valence-corrected chi connectivity index (χ0v) is 17.2. The monoisotopic (exact) mass is 414 g/mol. The number of benzene rings is 5. The maximum absolute atomic E-state index is 9.52. The van der Waals surface area contributed by atoms with Gasteiger partial charge in [0.15, 0.2) is 0 Å². The fraction of sp³-hybridized carbons (Fsp3) is 0. The fourth-order valence-corrected chi connectivity index (χ4v) is 4.48. The largest absolute Gasteiger partial charge is 0.488 e. The molecule has 1 aromatic heterocycles. The average Bonchev–Trinajstić information content (AvgIpc) is 3.22. The van der Waals surface area contributed by atoms with Gasteiger partial charge in [0.25, 0.3) is 0 Å². The smallest absolute Gasteiger partial charge is 0.456 e. The summed E-state index contributed by atoms with van der Waals surface area (Å²) >= 11 is 0. The molecule has 4 heteroatoms.